The lowest BCUT2D eigenvalue weighted by molar-refractivity contribution is -0.129. The molecule has 0 unspecified atom stereocenters. The van der Waals surface area contributed by atoms with Crippen LogP contribution in [0.5, 0.6) is 0 Å². The molecule has 0 spiro atoms. The molecule has 0 bridgehead atoms. The highest BCUT2D eigenvalue weighted by Crippen LogP contribution is 2.24. The van der Waals surface area contributed by atoms with Gasteiger partial charge in [-0.1, -0.05) is 12.1 Å². The fourth-order valence-electron chi connectivity index (χ4n) is 4.49. The highest BCUT2D eigenvalue weighted by atomic mass is 19.1. The van der Waals surface area contributed by atoms with Gasteiger partial charge in [0.1, 0.15) is 5.82 Å². The summed E-state index contributed by atoms with van der Waals surface area (Å²) >= 11 is 0. The van der Waals surface area contributed by atoms with Crippen molar-refractivity contribution in [1.82, 2.24) is 24.9 Å². The van der Waals surface area contributed by atoms with Gasteiger partial charge in [0.15, 0.2) is 0 Å². The molecule has 0 radical (unpaired) electrons. The number of aryl methyl sites for hydroxylation is 1. The summed E-state index contributed by atoms with van der Waals surface area (Å²) in [6, 6.07) is 8.78. The Morgan fingerprint density at radius 3 is 2.68 bits per heavy atom. The molecule has 2 aliphatic heterocycles. The molecule has 3 heterocycles. The van der Waals surface area contributed by atoms with Gasteiger partial charge in [0, 0.05) is 57.8 Å². The summed E-state index contributed by atoms with van der Waals surface area (Å²) in [5, 5.41) is 7.64. The SMILES string of the molecule is CCN1C[C@H](C(=O)NC2CCN(Cc3cc(-c4ccccc4F)nn3C)CC2)CC1=O. The van der Waals surface area contributed by atoms with Crippen molar-refractivity contribution >= 4 is 11.8 Å². The highest BCUT2D eigenvalue weighted by Gasteiger charge is 2.34. The van der Waals surface area contributed by atoms with Crippen molar-refractivity contribution in [2.45, 2.75) is 38.8 Å². The molecule has 31 heavy (non-hydrogen) atoms. The van der Waals surface area contributed by atoms with E-state index in [0.717, 1.165) is 38.2 Å². The summed E-state index contributed by atoms with van der Waals surface area (Å²) in [5.41, 5.74) is 2.19. The van der Waals surface area contributed by atoms with Gasteiger partial charge < -0.3 is 10.2 Å². The molecule has 2 amide bonds. The van der Waals surface area contributed by atoms with E-state index in [1.54, 1.807) is 17.0 Å². The largest absolute Gasteiger partial charge is 0.353 e. The molecule has 2 aliphatic rings. The van der Waals surface area contributed by atoms with Gasteiger partial charge in [-0.15, -0.1) is 0 Å². The van der Waals surface area contributed by atoms with Crippen LogP contribution in [0.25, 0.3) is 11.3 Å². The van der Waals surface area contributed by atoms with E-state index in [0.29, 0.717) is 30.8 Å². The molecule has 2 fully saturated rings. The van der Waals surface area contributed by atoms with E-state index in [1.165, 1.54) is 6.07 Å². The van der Waals surface area contributed by atoms with Crippen LogP contribution in [0.3, 0.4) is 0 Å². The fraction of sp³-hybridized carbons (Fsp3) is 0.522. The van der Waals surface area contributed by atoms with Gasteiger partial charge in [0.25, 0.3) is 0 Å². The second kappa shape index (κ2) is 9.18. The number of nitrogens with one attached hydrogen (secondary N) is 1. The average Bonchev–Trinajstić information content (AvgIpc) is 3.32. The minimum Gasteiger partial charge on any atom is -0.353 e. The lowest BCUT2D eigenvalue weighted by Crippen LogP contribution is -2.46. The van der Waals surface area contributed by atoms with Gasteiger partial charge in [-0.2, -0.15) is 5.10 Å². The van der Waals surface area contributed by atoms with E-state index in [-0.39, 0.29) is 29.6 Å². The number of hydrogen-bond acceptors (Lipinski definition) is 4. The number of carbonyl (C=O) groups is 2. The molecular formula is C23H30FN5O2. The van der Waals surface area contributed by atoms with Crippen molar-refractivity contribution < 1.29 is 14.0 Å². The van der Waals surface area contributed by atoms with Crippen LogP contribution in [0.1, 0.15) is 31.9 Å². The smallest absolute Gasteiger partial charge is 0.225 e. The van der Waals surface area contributed by atoms with Crippen LogP contribution in [0.15, 0.2) is 30.3 Å². The number of amides is 2. The third-order valence-corrected chi connectivity index (χ3v) is 6.41. The number of piperidine rings is 1. The van der Waals surface area contributed by atoms with Crippen molar-refractivity contribution in [3.63, 3.8) is 0 Å². The first-order valence-corrected chi connectivity index (χ1v) is 11.0. The molecule has 1 aromatic heterocycles. The molecule has 1 atom stereocenters. The molecule has 2 aromatic rings. The predicted molar refractivity (Wildman–Crippen MR) is 115 cm³/mol. The lowest BCUT2D eigenvalue weighted by atomic mass is 10.0. The first-order valence-electron chi connectivity index (χ1n) is 11.0. The van der Waals surface area contributed by atoms with Gasteiger partial charge in [-0.3, -0.25) is 19.2 Å². The van der Waals surface area contributed by atoms with Crippen molar-refractivity contribution in [3.05, 3.63) is 41.8 Å². The van der Waals surface area contributed by atoms with Crippen LogP contribution in [0.4, 0.5) is 4.39 Å². The highest BCUT2D eigenvalue weighted by molar-refractivity contribution is 5.89. The Balaban J connectivity index is 1.29. The van der Waals surface area contributed by atoms with Crippen molar-refractivity contribution in [2.75, 3.05) is 26.2 Å². The van der Waals surface area contributed by atoms with Crippen LogP contribution in [-0.2, 0) is 23.2 Å². The molecule has 0 aliphatic carbocycles. The quantitative estimate of drug-likeness (QED) is 0.767. The summed E-state index contributed by atoms with van der Waals surface area (Å²) in [7, 11) is 1.88. The Labute approximate surface area is 182 Å². The van der Waals surface area contributed by atoms with Gasteiger partial charge in [0.2, 0.25) is 11.8 Å². The summed E-state index contributed by atoms with van der Waals surface area (Å²) < 4.78 is 15.9. The fourth-order valence-corrected chi connectivity index (χ4v) is 4.49. The summed E-state index contributed by atoms with van der Waals surface area (Å²) in [5.74, 6) is -0.418. The number of benzene rings is 1. The van der Waals surface area contributed by atoms with Gasteiger partial charge >= 0.3 is 0 Å². The minimum absolute atomic E-state index is 0.00362. The van der Waals surface area contributed by atoms with Crippen LogP contribution in [0, 0.1) is 11.7 Å². The number of nitrogens with zero attached hydrogens (tertiary/aromatic N) is 4. The van der Waals surface area contributed by atoms with Gasteiger partial charge in [-0.05, 0) is 38.0 Å². The number of likely N-dealkylation sites (tertiary alicyclic amines) is 2. The Bertz CT molecular complexity index is 951. The molecule has 0 saturated carbocycles. The van der Waals surface area contributed by atoms with Gasteiger partial charge in [-0.25, -0.2) is 4.39 Å². The van der Waals surface area contributed by atoms with Crippen LogP contribution in [-0.4, -0.2) is 63.6 Å². The molecule has 166 valence electrons. The van der Waals surface area contributed by atoms with Crippen molar-refractivity contribution in [1.29, 1.82) is 0 Å². The standard InChI is InChI=1S/C23H30FN5O2/c1-3-29-14-16(12-22(29)30)23(31)25-17-8-10-28(11-9-17)15-18-13-21(26-27(18)2)19-6-4-5-7-20(19)24/h4-7,13,16-17H,3,8-12,14-15H2,1-2H3,(H,25,31)/t16-/m1/s1. The van der Waals surface area contributed by atoms with E-state index >= 15 is 0 Å². The summed E-state index contributed by atoms with van der Waals surface area (Å²) in [4.78, 5) is 28.5. The van der Waals surface area contributed by atoms with E-state index in [1.807, 2.05) is 30.8 Å². The number of hydrogen-bond donors (Lipinski definition) is 1. The molecule has 8 heteroatoms. The molecule has 7 nitrogen and oxygen atoms in total. The Morgan fingerprint density at radius 2 is 2.00 bits per heavy atom. The van der Waals surface area contributed by atoms with E-state index in [4.69, 9.17) is 0 Å². The molecule has 1 aromatic carbocycles. The third kappa shape index (κ3) is 4.79. The second-order valence-electron chi connectivity index (χ2n) is 8.52. The van der Waals surface area contributed by atoms with E-state index in [9.17, 15) is 14.0 Å². The molecule has 2 saturated heterocycles. The maximum atomic E-state index is 14.1. The predicted octanol–water partition coefficient (Wildman–Crippen LogP) is 2.18. The first kappa shape index (κ1) is 21.5. The second-order valence-corrected chi connectivity index (χ2v) is 8.52. The first-order chi connectivity index (χ1) is 14.9. The Morgan fingerprint density at radius 1 is 1.26 bits per heavy atom. The Kier molecular flexibility index (Phi) is 6.36. The summed E-state index contributed by atoms with van der Waals surface area (Å²) in [6.07, 6.45) is 2.08. The Hall–Kier alpha value is -2.74. The normalized spacial score (nSPS) is 20.4. The lowest BCUT2D eigenvalue weighted by Gasteiger charge is -2.32. The monoisotopic (exact) mass is 427 g/mol. The minimum atomic E-state index is -0.269. The molecule has 4 rings (SSSR count). The van der Waals surface area contributed by atoms with Crippen LogP contribution >= 0.6 is 0 Å². The number of halogens is 1. The molecular weight excluding hydrogens is 397 g/mol. The number of rotatable bonds is 6. The maximum absolute atomic E-state index is 14.1. The number of carbonyl (C=O) groups excluding carboxylic acids is 2. The van der Waals surface area contributed by atoms with Crippen molar-refractivity contribution in [2.24, 2.45) is 13.0 Å². The van der Waals surface area contributed by atoms with Crippen LogP contribution in [0.2, 0.25) is 0 Å². The number of aromatic nitrogens is 2. The van der Waals surface area contributed by atoms with Crippen molar-refractivity contribution in [3.8, 4) is 11.3 Å². The molecule has 1 N–H and O–H groups in total. The average molecular weight is 428 g/mol. The topological polar surface area (TPSA) is 70.5 Å². The summed E-state index contributed by atoms with van der Waals surface area (Å²) in [6.45, 7) is 5.61. The zero-order valence-corrected chi connectivity index (χ0v) is 18.2. The third-order valence-electron chi connectivity index (χ3n) is 6.41. The van der Waals surface area contributed by atoms with Gasteiger partial charge in [0.05, 0.1) is 17.3 Å². The van der Waals surface area contributed by atoms with Crippen LogP contribution < -0.4 is 5.32 Å². The zero-order valence-electron chi connectivity index (χ0n) is 18.2. The zero-order chi connectivity index (χ0) is 22.0. The van der Waals surface area contributed by atoms with E-state index in [2.05, 4.69) is 15.3 Å². The maximum Gasteiger partial charge on any atom is 0.225 e. The van der Waals surface area contributed by atoms with E-state index < -0.39 is 0 Å².